The summed E-state index contributed by atoms with van der Waals surface area (Å²) in [6, 6.07) is 6.76. The van der Waals surface area contributed by atoms with Crippen molar-refractivity contribution in [1.29, 1.82) is 0 Å². The van der Waals surface area contributed by atoms with Crippen molar-refractivity contribution in [2.24, 2.45) is 0 Å². The van der Waals surface area contributed by atoms with Crippen molar-refractivity contribution in [3.05, 3.63) is 46.1 Å². The molecule has 0 bridgehead atoms. The third kappa shape index (κ3) is 3.95. The number of rotatable bonds is 5. The molecule has 0 radical (unpaired) electrons. The number of benzene rings is 1. The fraction of sp³-hybridized carbons (Fsp3) is 0.450. The summed E-state index contributed by atoms with van der Waals surface area (Å²) < 4.78 is 16.2. The number of likely N-dealkylation sites (tertiary alicyclic amines) is 1. The molecular formula is C20H23N3O5. The van der Waals surface area contributed by atoms with Crippen LogP contribution in [0.25, 0.3) is 0 Å². The zero-order valence-electron chi connectivity index (χ0n) is 15.8. The van der Waals surface area contributed by atoms with Crippen LogP contribution in [0.3, 0.4) is 0 Å². The van der Waals surface area contributed by atoms with E-state index in [1.54, 1.807) is 23.1 Å². The van der Waals surface area contributed by atoms with Gasteiger partial charge in [0.2, 0.25) is 6.79 Å². The van der Waals surface area contributed by atoms with Crippen LogP contribution in [0.15, 0.2) is 29.1 Å². The second-order valence-corrected chi connectivity index (χ2v) is 6.96. The maximum absolute atomic E-state index is 12.6. The van der Waals surface area contributed by atoms with Gasteiger partial charge in [-0.15, -0.1) is 0 Å². The molecular weight excluding hydrogens is 362 g/mol. The van der Waals surface area contributed by atoms with E-state index in [-0.39, 0.29) is 30.8 Å². The van der Waals surface area contributed by atoms with Crippen molar-refractivity contribution < 1.29 is 19.0 Å². The lowest BCUT2D eigenvalue weighted by Crippen LogP contribution is -2.42. The number of amides is 1. The highest BCUT2D eigenvalue weighted by Gasteiger charge is 2.27. The van der Waals surface area contributed by atoms with E-state index in [0.29, 0.717) is 42.6 Å². The molecule has 0 saturated carbocycles. The molecule has 1 saturated heterocycles. The fourth-order valence-electron chi connectivity index (χ4n) is 3.53. The van der Waals surface area contributed by atoms with Gasteiger partial charge in [-0.25, -0.2) is 4.98 Å². The standard InChI is InChI=1S/C20H23N3O5/c1-2-14-8-18(24)22-20(21-14)13-4-3-7-23(10-13)19(25)11-26-15-5-6-16-17(9-15)28-12-27-16/h5-6,8-9,13H,2-4,7,10-12H2,1H3,(H,21,22,24)/t13-/m1/s1. The van der Waals surface area contributed by atoms with Gasteiger partial charge in [0.15, 0.2) is 18.1 Å². The van der Waals surface area contributed by atoms with Crippen LogP contribution in [0.2, 0.25) is 0 Å². The number of nitrogens with one attached hydrogen (secondary N) is 1. The smallest absolute Gasteiger partial charge is 0.260 e. The van der Waals surface area contributed by atoms with Crippen LogP contribution in [0.4, 0.5) is 0 Å². The summed E-state index contributed by atoms with van der Waals surface area (Å²) in [4.78, 5) is 33.6. The first-order valence-electron chi connectivity index (χ1n) is 9.52. The van der Waals surface area contributed by atoms with E-state index in [4.69, 9.17) is 14.2 Å². The van der Waals surface area contributed by atoms with E-state index in [0.717, 1.165) is 18.5 Å². The first-order chi connectivity index (χ1) is 13.6. The number of aryl methyl sites for hydroxylation is 1. The fourth-order valence-corrected chi connectivity index (χ4v) is 3.53. The molecule has 1 atom stereocenters. The Bertz CT molecular complexity index is 926. The molecule has 1 aromatic heterocycles. The van der Waals surface area contributed by atoms with Crippen LogP contribution in [-0.2, 0) is 11.2 Å². The molecule has 1 amide bonds. The number of aromatic nitrogens is 2. The largest absolute Gasteiger partial charge is 0.484 e. The van der Waals surface area contributed by atoms with E-state index in [9.17, 15) is 9.59 Å². The molecule has 1 fully saturated rings. The van der Waals surface area contributed by atoms with Crippen molar-refractivity contribution in [2.45, 2.75) is 32.1 Å². The molecule has 8 nitrogen and oxygen atoms in total. The quantitative estimate of drug-likeness (QED) is 0.844. The minimum Gasteiger partial charge on any atom is -0.484 e. The summed E-state index contributed by atoms with van der Waals surface area (Å²) in [5.41, 5.74) is 0.629. The monoisotopic (exact) mass is 385 g/mol. The lowest BCUT2D eigenvalue weighted by molar-refractivity contribution is -0.134. The number of carbonyl (C=O) groups is 1. The topological polar surface area (TPSA) is 93.8 Å². The van der Waals surface area contributed by atoms with Gasteiger partial charge in [0.05, 0.1) is 0 Å². The summed E-state index contributed by atoms with van der Waals surface area (Å²) >= 11 is 0. The minimum absolute atomic E-state index is 0.0300. The van der Waals surface area contributed by atoms with E-state index in [1.807, 2.05) is 6.92 Å². The Morgan fingerprint density at radius 1 is 1.32 bits per heavy atom. The molecule has 3 heterocycles. The highest BCUT2D eigenvalue weighted by atomic mass is 16.7. The van der Waals surface area contributed by atoms with Gasteiger partial charge in [0.1, 0.15) is 11.6 Å². The van der Waals surface area contributed by atoms with Crippen molar-refractivity contribution in [3.63, 3.8) is 0 Å². The first-order valence-corrected chi connectivity index (χ1v) is 9.52. The molecule has 0 aliphatic carbocycles. The molecule has 8 heteroatoms. The Morgan fingerprint density at radius 2 is 2.18 bits per heavy atom. The Balaban J connectivity index is 1.38. The Morgan fingerprint density at radius 3 is 3.04 bits per heavy atom. The van der Waals surface area contributed by atoms with Gasteiger partial charge in [0, 0.05) is 36.8 Å². The second kappa shape index (κ2) is 7.92. The van der Waals surface area contributed by atoms with Gasteiger partial charge < -0.3 is 24.1 Å². The van der Waals surface area contributed by atoms with Gasteiger partial charge in [-0.05, 0) is 31.4 Å². The molecule has 2 aliphatic rings. The zero-order chi connectivity index (χ0) is 19.5. The molecule has 0 spiro atoms. The second-order valence-electron chi connectivity index (χ2n) is 6.96. The molecule has 2 aromatic rings. The average molecular weight is 385 g/mol. The number of ether oxygens (including phenoxy) is 3. The summed E-state index contributed by atoms with van der Waals surface area (Å²) in [6.45, 7) is 3.32. The summed E-state index contributed by atoms with van der Waals surface area (Å²) in [5, 5.41) is 0. The number of H-pyrrole nitrogens is 1. The minimum atomic E-state index is -0.142. The van der Waals surface area contributed by atoms with Crippen molar-refractivity contribution >= 4 is 5.91 Å². The molecule has 0 unspecified atom stereocenters. The van der Waals surface area contributed by atoms with Crippen LogP contribution >= 0.6 is 0 Å². The maximum atomic E-state index is 12.6. The number of hydrogen-bond acceptors (Lipinski definition) is 6. The van der Waals surface area contributed by atoms with Crippen LogP contribution in [0.1, 0.15) is 37.2 Å². The van der Waals surface area contributed by atoms with E-state index < -0.39 is 0 Å². The normalized spacial score (nSPS) is 18.2. The van der Waals surface area contributed by atoms with Crippen LogP contribution in [-0.4, -0.2) is 47.3 Å². The van der Waals surface area contributed by atoms with E-state index in [2.05, 4.69) is 9.97 Å². The summed E-state index contributed by atoms with van der Waals surface area (Å²) in [6.07, 6.45) is 2.46. The first kappa shape index (κ1) is 18.3. The number of aromatic amines is 1. The highest BCUT2D eigenvalue weighted by molar-refractivity contribution is 5.78. The van der Waals surface area contributed by atoms with Crippen molar-refractivity contribution in [2.75, 3.05) is 26.5 Å². The Labute approximate surface area is 162 Å². The average Bonchev–Trinajstić information content (AvgIpc) is 3.19. The van der Waals surface area contributed by atoms with Crippen LogP contribution in [0, 0.1) is 0 Å². The molecule has 4 rings (SSSR count). The lowest BCUT2D eigenvalue weighted by atomic mass is 9.97. The lowest BCUT2D eigenvalue weighted by Gasteiger charge is -2.32. The number of nitrogens with zero attached hydrogens (tertiary/aromatic N) is 2. The van der Waals surface area contributed by atoms with Crippen molar-refractivity contribution in [3.8, 4) is 17.2 Å². The molecule has 28 heavy (non-hydrogen) atoms. The van der Waals surface area contributed by atoms with Gasteiger partial charge in [-0.3, -0.25) is 9.59 Å². The van der Waals surface area contributed by atoms with Gasteiger partial charge in [0.25, 0.3) is 11.5 Å². The SMILES string of the molecule is CCc1cc(=O)[nH]c([C@@H]2CCCN(C(=O)COc3ccc4c(c3)OCO4)C2)n1. The van der Waals surface area contributed by atoms with E-state index in [1.165, 1.54) is 6.07 Å². The number of carbonyl (C=O) groups excluding carboxylic acids is 1. The van der Waals surface area contributed by atoms with Gasteiger partial charge >= 0.3 is 0 Å². The van der Waals surface area contributed by atoms with Gasteiger partial charge in [-0.1, -0.05) is 6.92 Å². The maximum Gasteiger partial charge on any atom is 0.260 e. The molecule has 1 N–H and O–H groups in total. The molecule has 1 aromatic carbocycles. The van der Waals surface area contributed by atoms with Crippen molar-refractivity contribution in [1.82, 2.24) is 14.9 Å². The number of fused-ring (bicyclic) bond motifs is 1. The van der Waals surface area contributed by atoms with E-state index >= 15 is 0 Å². The predicted molar refractivity (Wildman–Crippen MR) is 101 cm³/mol. The van der Waals surface area contributed by atoms with Crippen LogP contribution in [0.5, 0.6) is 17.2 Å². The Hall–Kier alpha value is -3.03. The summed E-state index contributed by atoms with van der Waals surface area (Å²) in [5.74, 6) is 2.47. The molecule has 2 aliphatic heterocycles. The predicted octanol–water partition coefficient (Wildman–Crippen LogP) is 1.85. The Kier molecular flexibility index (Phi) is 5.18. The summed E-state index contributed by atoms with van der Waals surface area (Å²) in [7, 11) is 0. The third-order valence-corrected chi connectivity index (χ3v) is 5.04. The highest BCUT2D eigenvalue weighted by Crippen LogP contribution is 2.35. The zero-order valence-corrected chi connectivity index (χ0v) is 15.8. The van der Waals surface area contributed by atoms with Gasteiger partial charge in [-0.2, -0.15) is 0 Å². The number of hydrogen-bond donors (Lipinski definition) is 1. The number of piperidine rings is 1. The molecule has 148 valence electrons. The van der Waals surface area contributed by atoms with Crippen LogP contribution < -0.4 is 19.8 Å². The third-order valence-electron chi connectivity index (χ3n) is 5.04.